The van der Waals surface area contributed by atoms with Gasteiger partial charge in [-0.25, -0.2) is 4.98 Å². The van der Waals surface area contributed by atoms with Gasteiger partial charge in [0.15, 0.2) is 0 Å². The van der Waals surface area contributed by atoms with Crippen molar-refractivity contribution in [2.24, 2.45) is 0 Å². The van der Waals surface area contributed by atoms with Crippen LogP contribution >= 0.6 is 23.2 Å². The molecule has 0 bridgehead atoms. The molecule has 1 heterocycles. The molecule has 1 aromatic carbocycles. The molecule has 0 unspecified atom stereocenters. The van der Waals surface area contributed by atoms with Crippen LogP contribution in [0.25, 0.3) is 0 Å². The summed E-state index contributed by atoms with van der Waals surface area (Å²) in [5.74, 6) is 0.873. The largest absolute Gasteiger partial charge is 0.359 e. The van der Waals surface area contributed by atoms with Crippen molar-refractivity contribution in [2.75, 3.05) is 12.4 Å². The van der Waals surface area contributed by atoms with Crippen molar-refractivity contribution in [3.05, 3.63) is 45.7 Å². The second kappa shape index (κ2) is 5.63. The first-order valence-corrected chi connectivity index (χ1v) is 6.51. The van der Waals surface area contributed by atoms with Crippen LogP contribution in [-0.4, -0.2) is 16.6 Å². The van der Waals surface area contributed by atoms with Crippen molar-refractivity contribution >= 4 is 29.2 Å². The van der Waals surface area contributed by atoms with Gasteiger partial charge in [-0.1, -0.05) is 29.3 Å². The molecular weight excluding hydrogens is 269 g/mol. The highest BCUT2D eigenvalue weighted by Crippen LogP contribution is 2.22. The van der Waals surface area contributed by atoms with E-state index in [-0.39, 0.29) is 0 Å². The van der Waals surface area contributed by atoms with Crippen molar-refractivity contribution < 1.29 is 0 Å². The number of halogens is 2. The van der Waals surface area contributed by atoms with Crippen molar-refractivity contribution in [3.8, 4) is 0 Å². The maximum absolute atomic E-state index is 6.15. The van der Waals surface area contributed by atoms with E-state index in [2.05, 4.69) is 14.9 Å². The maximum atomic E-state index is 6.15. The third kappa shape index (κ3) is 2.98. The SMILES string of the molecule is CNc1nc(C)cn1CCc1ccc(Cl)cc1Cl. The number of hydrogen-bond acceptors (Lipinski definition) is 2. The van der Waals surface area contributed by atoms with Crippen molar-refractivity contribution in [1.82, 2.24) is 9.55 Å². The van der Waals surface area contributed by atoms with Gasteiger partial charge in [0.05, 0.1) is 5.69 Å². The van der Waals surface area contributed by atoms with Crippen molar-refractivity contribution in [2.45, 2.75) is 19.9 Å². The van der Waals surface area contributed by atoms with Crippen molar-refractivity contribution in [1.29, 1.82) is 0 Å². The molecule has 0 amide bonds. The Morgan fingerprint density at radius 3 is 2.78 bits per heavy atom. The lowest BCUT2D eigenvalue weighted by molar-refractivity contribution is 0.702. The Labute approximate surface area is 117 Å². The minimum atomic E-state index is 0.665. The minimum Gasteiger partial charge on any atom is -0.359 e. The van der Waals surface area contributed by atoms with E-state index in [1.54, 1.807) is 6.07 Å². The average Bonchev–Trinajstić information content (AvgIpc) is 2.68. The number of anilines is 1. The fourth-order valence-corrected chi connectivity index (χ4v) is 2.39. The minimum absolute atomic E-state index is 0.665. The van der Waals surface area contributed by atoms with Crippen molar-refractivity contribution in [3.63, 3.8) is 0 Å². The van der Waals surface area contributed by atoms with E-state index in [4.69, 9.17) is 23.2 Å². The van der Waals surface area contributed by atoms with E-state index in [1.807, 2.05) is 32.3 Å². The smallest absolute Gasteiger partial charge is 0.202 e. The summed E-state index contributed by atoms with van der Waals surface area (Å²) in [6.45, 7) is 2.81. The Bertz CT molecular complexity index is 549. The summed E-state index contributed by atoms with van der Waals surface area (Å²) in [5, 5.41) is 4.45. The summed E-state index contributed by atoms with van der Waals surface area (Å²) in [7, 11) is 1.87. The molecule has 0 atom stereocenters. The van der Waals surface area contributed by atoms with E-state index < -0.39 is 0 Å². The summed E-state index contributed by atoms with van der Waals surface area (Å²) in [6.07, 6.45) is 2.87. The van der Waals surface area contributed by atoms with Crippen LogP contribution in [0, 0.1) is 6.92 Å². The second-order valence-electron chi connectivity index (χ2n) is 4.14. The molecule has 96 valence electrons. The summed E-state index contributed by atoms with van der Waals surface area (Å²) < 4.78 is 2.08. The molecule has 1 N–H and O–H groups in total. The summed E-state index contributed by atoms with van der Waals surface area (Å²) in [4.78, 5) is 4.38. The van der Waals surface area contributed by atoms with Crippen LogP contribution in [0.1, 0.15) is 11.3 Å². The lowest BCUT2D eigenvalue weighted by Crippen LogP contribution is -2.05. The van der Waals surface area contributed by atoms with Crippen LogP contribution < -0.4 is 5.32 Å². The zero-order valence-electron chi connectivity index (χ0n) is 10.4. The Kier molecular flexibility index (Phi) is 4.15. The number of benzene rings is 1. The highest BCUT2D eigenvalue weighted by atomic mass is 35.5. The van der Waals surface area contributed by atoms with Gasteiger partial charge in [-0.15, -0.1) is 0 Å². The van der Waals surface area contributed by atoms with Gasteiger partial charge in [0, 0.05) is 29.8 Å². The molecule has 3 nitrogen and oxygen atoms in total. The molecule has 0 fully saturated rings. The van der Waals surface area contributed by atoms with Gasteiger partial charge in [-0.05, 0) is 31.0 Å². The van der Waals surface area contributed by atoms with E-state index in [0.717, 1.165) is 30.2 Å². The van der Waals surface area contributed by atoms with E-state index in [9.17, 15) is 0 Å². The summed E-state index contributed by atoms with van der Waals surface area (Å²) in [6, 6.07) is 5.60. The molecule has 0 aliphatic rings. The number of aryl methyl sites for hydroxylation is 3. The Hall–Kier alpha value is -1.19. The molecule has 0 aliphatic carbocycles. The van der Waals surface area contributed by atoms with Gasteiger partial charge in [0.25, 0.3) is 0 Å². The first-order chi connectivity index (χ1) is 8.60. The number of hydrogen-bond donors (Lipinski definition) is 1. The molecule has 18 heavy (non-hydrogen) atoms. The van der Waals surface area contributed by atoms with Gasteiger partial charge in [0.1, 0.15) is 0 Å². The lowest BCUT2D eigenvalue weighted by atomic mass is 10.1. The molecule has 0 radical (unpaired) electrons. The molecule has 1 aromatic heterocycles. The fraction of sp³-hybridized carbons (Fsp3) is 0.308. The van der Waals surface area contributed by atoms with Crippen LogP contribution in [0.2, 0.25) is 10.0 Å². The number of rotatable bonds is 4. The van der Waals surface area contributed by atoms with Gasteiger partial charge in [0.2, 0.25) is 5.95 Å². The Morgan fingerprint density at radius 1 is 1.33 bits per heavy atom. The normalized spacial score (nSPS) is 10.7. The number of imidazole rings is 1. The Balaban J connectivity index is 2.11. The number of aromatic nitrogens is 2. The zero-order valence-corrected chi connectivity index (χ0v) is 11.9. The molecule has 0 saturated carbocycles. The van der Waals surface area contributed by atoms with Crippen LogP contribution in [0.15, 0.2) is 24.4 Å². The second-order valence-corrected chi connectivity index (χ2v) is 4.98. The van der Waals surface area contributed by atoms with E-state index in [0.29, 0.717) is 10.0 Å². The predicted molar refractivity (Wildman–Crippen MR) is 76.7 cm³/mol. The molecule has 2 aromatic rings. The molecule has 0 saturated heterocycles. The van der Waals surface area contributed by atoms with Gasteiger partial charge >= 0.3 is 0 Å². The number of nitrogens with one attached hydrogen (secondary N) is 1. The Morgan fingerprint density at radius 2 is 2.11 bits per heavy atom. The lowest BCUT2D eigenvalue weighted by Gasteiger charge is -2.08. The third-order valence-corrected chi connectivity index (χ3v) is 3.34. The monoisotopic (exact) mass is 283 g/mol. The molecule has 5 heteroatoms. The first kappa shape index (κ1) is 13.2. The van der Waals surface area contributed by atoms with Crippen LogP contribution in [0.3, 0.4) is 0 Å². The fourth-order valence-electron chi connectivity index (χ4n) is 1.88. The maximum Gasteiger partial charge on any atom is 0.202 e. The first-order valence-electron chi connectivity index (χ1n) is 5.75. The number of nitrogens with zero attached hydrogens (tertiary/aromatic N) is 2. The zero-order chi connectivity index (χ0) is 13.1. The predicted octanol–water partition coefficient (Wildman–Crippen LogP) is 3.78. The van der Waals surface area contributed by atoms with Gasteiger partial charge in [-0.3, -0.25) is 0 Å². The van der Waals surface area contributed by atoms with E-state index in [1.165, 1.54) is 0 Å². The van der Waals surface area contributed by atoms with Crippen LogP contribution in [0.4, 0.5) is 5.95 Å². The molecule has 0 aliphatic heterocycles. The van der Waals surface area contributed by atoms with Gasteiger partial charge < -0.3 is 9.88 Å². The topological polar surface area (TPSA) is 29.9 Å². The quantitative estimate of drug-likeness (QED) is 0.925. The molecule has 2 rings (SSSR count). The standard InChI is InChI=1S/C13H15Cl2N3/c1-9-8-18(13(16-2)17-9)6-5-10-3-4-11(14)7-12(10)15/h3-4,7-8H,5-6H2,1-2H3,(H,16,17). The summed E-state index contributed by atoms with van der Waals surface area (Å²) >= 11 is 12.0. The summed E-state index contributed by atoms with van der Waals surface area (Å²) in [5.41, 5.74) is 2.09. The molecular formula is C13H15Cl2N3. The third-order valence-electron chi connectivity index (χ3n) is 2.76. The van der Waals surface area contributed by atoms with E-state index >= 15 is 0 Å². The van der Waals surface area contributed by atoms with Crippen LogP contribution in [0.5, 0.6) is 0 Å². The van der Waals surface area contributed by atoms with Crippen LogP contribution in [-0.2, 0) is 13.0 Å². The van der Waals surface area contributed by atoms with Gasteiger partial charge in [-0.2, -0.15) is 0 Å². The average molecular weight is 284 g/mol. The highest BCUT2D eigenvalue weighted by Gasteiger charge is 2.06. The highest BCUT2D eigenvalue weighted by molar-refractivity contribution is 6.35. The molecule has 0 spiro atoms.